The van der Waals surface area contributed by atoms with E-state index in [-0.39, 0.29) is 30.8 Å². The number of cyclic esters (lactones) is 1. The van der Waals surface area contributed by atoms with Crippen molar-refractivity contribution in [3.8, 4) is 5.75 Å². The van der Waals surface area contributed by atoms with Gasteiger partial charge in [0.05, 0.1) is 11.3 Å². The van der Waals surface area contributed by atoms with E-state index in [2.05, 4.69) is 6.92 Å². The molecule has 0 saturated carbocycles. The molecule has 0 bridgehead atoms. The molecular formula is C28H24ClNO4. The van der Waals surface area contributed by atoms with Crippen LogP contribution in [0.3, 0.4) is 0 Å². The Balaban J connectivity index is 1.38. The molecule has 2 aliphatic heterocycles. The van der Waals surface area contributed by atoms with Crippen molar-refractivity contribution < 1.29 is 19.1 Å². The molecule has 1 atom stereocenters. The third-order valence-corrected chi connectivity index (χ3v) is 6.57. The molecule has 0 aliphatic carbocycles. The summed E-state index contributed by atoms with van der Waals surface area (Å²) in [6.07, 6.45) is 1.12. The summed E-state index contributed by atoms with van der Waals surface area (Å²) >= 11 is 5.93. The van der Waals surface area contributed by atoms with Crippen molar-refractivity contribution in [2.45, 2.75) is 32.3 Å². The molecule has 1 unspecified atom stereocenters. The highest BCUT2D eigenvalue weighted by Gasteiger charge is 2.42. The molecule has 172 valence electrons. The summed E-state index contributed by atoms with van der Waals surface area (Å²) < 4.78 is 11.3. The lowest BCUT2D eigenvalue weighted by Crippen LogP contribution is -2.37. The summed E-state index contributed by atoms with van der Waals surface area (Å²) in [4.78, 5) is 27.5. The van der Waals surface area contributed by atoms with Gasteiger partial charge in [-0.15, -0.1) is 0 Å². The van der Waals surface area contributed by atoms with Crippen molar-refractivity contribution in [3.63, 3.8) is 0 Å². The van der Waals surface area contributed by atoms with E-state index < -0.39 is 0 Å². The van der Waals surface area contributed by atoms with E-state index in [1.165, 1.54) is 5.56 Å². The minimum Gasteiger partial charge on any atom is -0.489 e. The Hall–Kier alpha value is -3.57. The normalized spacial score (nSPS) is 17.6. The highest BCUT2D eigenvalue weighted by molar-refractivity contribution is 6.30. The molecule has 34 heavy (non-hydrogen) atoms. The van der Waals surface area contributed by atoms with E-state index >= 15 is 0 Å². The highest BCUT2D eigenvalue weighted by Crippen LogP contribution is 2.42. The smallest absolute Gasteiger partial charge is 0.336 e. The number of benzene rings is 3. The van der Waals surface area contributed by atoms with Crippen molar-refractivity contribution in [2.24, 2.45) is 0 Å². The number of anilines is 1. The average molecular weight is 474 g/mol. The minimum atomic E-state index is -0.356. The lowest BCUT2D eigenvalue weighted by Gasteiger charge is -2.32. The first kappa shape index (κ1) is 22.2. The van der Waals surface area contributed by atoms with Crippen LogP contribution >= 0.6 is 11.6 Å². The predicted octanol–water partition coefficient (Wildman–Crippen LogP) is 5.81. The molecule has 0 saturated heterocycles. The second-order valence-corrected chi connectivity index (χ2v) is 8.86. The molecule has 2 aliphatic rings. The zero-order valence-corrected chi connectivity index (χ0v) is 19.5. The Morgan fingerprint density at radius 1 is 0.941 bits per heavy atom. The van der Waals surface area contributed by atoms with Crippen LogP contribution in [-0.4, -0.2) is 18.5 Å². The first-order valence-electron chi connectivity index (χ1n) is 11.3. The Morgan fingerprint density at radius 2 is 1.62 bits per heavy atom. The predicted molar refractivity (Wildman–Crippen MR) is 131 cm³/mol. The van der Waals surface area contributed by atoms with E-state index in [9.17, 15) is 9.59 Å². The van der Waals surface area contributed by atoms with Crippen LogP contribution in [0.5, 0.6) is 5.75 Å². The van der Waals surface area contributed by atoms with Gasteiger partial charge in [0, 0.05) is 23.0 Å². The van der Waals surface area contributed by atoms with Gasteiger partial charge in [-0.2, -0.15) is 0 Å². The number of aryl methyl sites for hydroxylation is 1. The fraction of sp³-hybridized carbons (Fsp3) is 0.214. The summed E-state index contributed by atoms with van der Waals surface area (Å²) in [5.41, 5.74) is 5.06. The van der Waals surface area contributed by atoms with E-state index in [4.69, 9.17) is 21.1 Å². The van der Waals surface area contributed by atoms with Crippen LogP contribution in [-0.2, 0) is 27.4 Å². The molecule has 0 aromatic heterocycles. The molecule has 0 N–H and O–H groups in total. The molecule has 5 rings (SSSR count). The summed E-state index contributed by atoms with van der Waals surface area (Å²) in [6, 6.07) is 22.9. The summed E-state index contributed by atoms with van der Waals surface area (Å²) in [6.45, 7) is 2.61. The topological polar surface area (TPSA) is 55.8 Å². The van der Waals surface area contributed by atoms with Crippen molar-refractivity contribution in [3.05, 3.63) is 106 Å². The Labute approximate surface area is 203 Å². The van der Waals surface area contributed by atoms with Gasteiger partial charge in [0.1, 0.15) is 19.0 Å². The first-order chi connectivity index (χ1) is 16.5. The highest BCUT2D eigenvalue weighted by atomic mass is 35.5. The van der Waals surface area contributed by atoms with Crippen molar-refractivity contribution in [1.29, 1.82) is 0 Å². The summed E-state index contributed by atoms with van der Waals surface area (Å²) in [5, 5.41) is 0.686. The monoisotopic (exact) mass is 473 g/mol. The van der Waals surface area contributed by atoms with Crippen LogP contribution in [0.15, 0.2) is 84.1 Å². The van der Waals surface area contributed by atoms with Crippen LogP contribution < -0.4 is 9.64 Å². The van der Waals surface area contributed by atoms with Gasteiger partial charge in [0.2, 0.25) is 5.91 Å². The van der Waals surface area contributed by atoms with E-state index in [1.54, 1.807) is 4.90 Å². The molecule has 6 heteroatoms. The van der Waals surface area contributed by atoms with E-state index in [1.807, 2.05) is 72.8 Å². The van der Waals surface area contributed by atoms with Crippen LogP contribution in [0.1, 0.15) is 36.0 Å². The largest absolute Gasteiger partial charge is 0.489 e. The van der Waals surface area contributed by atoms with Crippen molar-refractivity contribution in [2.75, 3.05) is 11.5 Å². The summed E-state index contributed by atoms with van der Waals surface area (Å²) in [7, 11) is 0. The second kappa shape index (κ2) is 9.35. The van der Waals surface area contributed by atoms with Crippen molar-refractivity contribution >= 4 is 29.2 Å². The Morgan fingerprint density at radius 3 is 2.29 bits per heavy atom. The van der Waals surface area contributed by atoms with Gasteiger partial charge in [0.25, 0.3) is 0 Å². The molecular weight excluding hydrogens is 450 g/mol. The average Bonchev–Trinajstić information content (AvgIpc) is 3.25. The number of halogens is 1. The number of amides is 1. The number of ether oxygens (including phenoxy) is 2. The van der Waals surface area contributed by atoms with Gasteiger partial charge < -0.3 is 9.47 Å². The molecule has 5 nitrogen and oxygen atoms in total. The van der Waals surface area contributed by atoms with Gasteiger partial charge >= 0.3 is 5.97 Å². The Kier molecular flexibility index (Phi) is 6.12. The number of hydrogen-bond acceptors (Lipinski definition) is 4. The lowest BCUT2D eigenvalue weighted by atomic mass is 9.84. The number of nitrogens with zero attached hydrogens (tertiary/aromatic N) is 1. The van der Waals surface area contributed by atoms with Gasteiger partial charge in [-0.3, -0.25) is 9.69 Å². The molecule has 3 aromatic rings. The van der Waals surface area contributed by atoms with Crippen LogP contribution in [0.4, 0.5) is 5.69 Å². The molecule has 0 radical (unpaired) electrons. The van der Waals surface area contributed by atoms with Crippen LogP contribution in [0.2, 0.25) is 5.02 Å². The quantitative estimate of drug-likeness (QED) is 0.424. The number of esters is 1. The zero-order valence-electron chi connectivity index (χ0n) is 18.8. The minimum absolute atomic E-state index is 0.0469. The standard InChI is InChI=1S/C28H24ClNO4/c1-2-18-5-11-22(12-6-18)30-25-17-34-28(32)27(25)24(15-26(30)31)20-7-13-23(14-8-20)33-16-19-3-9-21(29)10-4-19/h3-14,24H,2,15-17H2,1H3. The fourth-order valence-electron chi connectivity index (χ4n) is 4.46. The second-order valence-electron chi connectivity index (χ2n) is 8.43. The SMILES string of the molecule is CCc1ccc(N2C(=O)CC(c3ccc(OCc4ccc(Cl)cc4)cc3)C3=C2COC3=O)cc1. The molecule has 2 heterocycles. The number of carbonyl (C=O) groups is 2. The number of carbonyl (C=O) groups excluding carboxylic acids is 2. The first-order valence-corrected chi connectivity index (χ1v) is 11.7. The summed E-state index contributed by atoms with van der Waals surface area (Å²) in [5.74, 6) is -0.0317. The van der Waals surface area contributed by atoms with Gasteiger partial charge in [-0.25, -0.2) is 4.79 Å². The van der Waals surface area contributed by atoms with E-state index in [0.717, 1.165) is 23.2 Å². The molecule has 3 aromatic carbocycles. The maximum absolute atomic E-state index is 13.2. The van der Waals surface area contributed by atoms with Crippen molar-refractivity contribution in [1.82, 2.24) is 0 Å². The van der Waals surface area contributed by atoms with E-state index in [0.29, 0.717) is 28.6 Å². The lowest BCUT2D eigenvalue weighted by molar-refractivity contribution is -0.136. The number of rotatable bonds is 6. The zero-order chi connectivity index (χ0) is 23.7. The van der Waals surface area contributed by atoms with Gasteiger partial charge in [-0.05, 0) is 59.5 Å². The molecule has 0 fully saturated rings. The molecule has 0 spiro atoms. The van der Waals surface area contributed by atoms with Crippen LogP contribution in [0, 0.1) is 0 Å². The van der Waals surface area contributed by atoms with Crippen LogP contribution in [0.25, 0.3) is 0 Å². The van der Waals surface area contributed by atoms with Gasteiger partial charge in [-0.1, -0.05) is 54.9 Å². The fourth-order valence-corrected chi connectivity index (χ4v) is 4.59. The third-order valence-electron chi connectivity index (χ3n) is 6.32. The van der Waals surface area contributed by atoms with Gasteiger partial charge in [0.15, 0.2) is 0 Å². The molecule has 1 amide bonds. The maximum Gasteiger partial charge on any atom is 0.336 e. The number of hydrogen-bond donors (Lipinski definition) is 0. The third kappa shape index (κ3) is 4.31. The maximum atomic E-state index is 13.2. The Bertz CT molecular complexity index is 1250.